The molecule has 0 spiro atoms. The van der Waals surface area contributed by atoms with Crippen molar-refractivity contribution in [1.29, 1.82) is 0 Å². The Hall–Kier alpha value is -0.800. The summed E-state index contributed by atoms with van der Waals surface area (Å²) in [5.74, 6) is 1.85. The highest BCUT2D eigenvalue weighted by molar-refractivity contribution is 5.27. The van der Waals surface area contributed by atoms with E-state index in [1.54, 1.807) is 0 Å². The van der Waals surface area contributed by atoms with Gasteiger partial charge in [0.05, 0.1) is 0 Å². The lowest BCUT2D eigenvalue weighted by Gasteiger charge is -2.13. The van der Waals surface area contributed by atoms with Gasteiger partial charge in [-0.15, -0.1) is 0 Å². The van der Waals surface area contributed by atoms with E-state index in [2.05, 4.69) is 20.8 Å². The lowest BCUT2D eigenvalue weighted by Crippen LogP contribution is -2.20. The molecule has 4 N–H and O–H groups in total. The van der Waals surface area contributed by atoms with Crippen molar-refractivity contribution in [1.82, 2.24) is 0 Å². The fourth-order valence-electron chi connectivity index (χ4n) is 1.36. The van der Waals surface area contributed by atoms with Crippen molar-refractivity contribution in [2.45, 2.75) is 39.2 Å². The molecule has 1 atom stereocenters. The lowest BCUT2D eigenvalue weighted by molar-refractivity contribution is 0.394. The summed E-state index contributed by atoms with van der Waals surface area (Å²) in [5, 5.41) is 0. The van der Waals surface area contributed by atoms with Crippen molar-refractivity contribution >= 4 is 0 Å². The molecule has 0 fully saturated rings. The van der Waals surface area contributed by atoms with E-state index in [0.717, 1.165) is 17.1 Å². The molecule has 0 amide bonds. The molecule has 0 aliphatic rings. The molecule has 0 aliphatic heterocycles. The second-order valence-corrected chi connectivity index (χ2v) is 4.71. The van der Waals surface area contributed by atoms with Crippen LogP contribution in [-0.4, -0.2) is 6.54 Å². The Morgan fingerprint density at radius 2 is 2.00 bits per heavy atom. The minimum atomic E-state index is -0.116. The molecule has 0 radical (unpaired) electrons. The monoisotopic (exact) mass is 196 g/mol. The minimum Gasteiger partial charge on any atom is -0.465 e. The van der Waals surface area contributed by atoms with E-state index >= 15 is 0 Å². The average Bonchev–Trinajstić information content (AvgIpc) is 2.45. The van der Waals surface area contributed by atoms with Gasteiger partial charge in [-0.2, -0.15) is 0 Å². The van der Waals surface area contributed by atoms with Crippen LogP contribution in [0.2, 0.25) is 0 Å². The van der Waals surface area contributed by atoms with E-state index < -0.39 is 0 Å². The first-order chi connectivity index (χ1) is 6.36. The van der Waals surface area contributed by atoms with E-state index in [0.29, 0.717) is 6.54 Å². The van der Waals surface area contributed by atoms with Crippen molar-refractivity contribution in [3.8, 4) is 0 Å². The summed E-state index contributed by atoms with van der Waals surface area (Å²) in [7, 11) is 0. The molecular formula is C11H20N2O. The first kappa shape index (κ1) is 11.3. The Morgan fingerprint density at radius 3 is 2.36 bits per heavy atom. The molecule has 0 unspecified atom stereocenters. The normalized spacial score (nSPS) is 14.4. The summed E-state index contributed by atoms with van der Waals surface area (Å²) >= 11 is 0. The fourth-order valence-corrected chi connectivity index (χ4v) is 1.36. The summed E-state index contributed by atoms with van der Waals surface area (Å²) in [5.41, 5.74) is 12.4. The van der Waals surface area contributed by atoms with Crippen LogP contribution in [0.25, 0.3) is 0 Å². The summed E-state index contributed by atoms with van der Waals surface area (Å²) in [6.07, 6.45) is 0. The Labute approximate surface area is 85.5 Å². The molecule has 0 aromatic carbocycles. The van der Waals surface area contributed by atoms with Crippen LogP contribution in [0.1, 0.15) is 43.9 Å². The Balaban J connectivity index is 3.05. The van der Waals surface area contributed by atoms with E-state index in [9.17, 15) is 0 Å². The van der Waals surface area contributed by atoms with Gasteiger partial charge in [-0.3, -0.25) is 0 Å². The predicted molar refractivity (Wildman–Crippen MR) is 58.1 cm³/mol. The van der Waals surface area contributed by atoms with Crippen LogP contribution in [0.4, 0.5) is 0 Å². The summed E-state index contributed by atoms with van der Waals surface area (Å²) < 4.78 is 5.67. The van der Waals surface area contributed by atoms with E-state index in [-0.39, 0.29) is 11.5 Å². The van der Waals surface area contributed by atoms with Crippen molar-refractivity contribution in [2.75, 3.05) is 6.54 Å². The van der Waals surface area contributed by atoms with E-state index in [1.807, 2.05) is 13.0 Å². The number of rotatable bonds is 2. The van der Waals surface area contributed by atoms with Gasteiger partial charge in [-0.1, -0.05) is 20.8 Å². The quantitative estimate of drug-likeness (QED) is 0.758. The lowest BCUT2D eigenvalue weighted by atomic mass is 9.92. The molecule has 3 nitrogen and oxygen atoms in total. The topological polar surface area (TPSA) is 65.2 Å². The first-order valence-corrected chi connectivity index (χ1v) is 4.92. The zero-order valence-corrected chi connectivity index (χ0v) is 9.42. The van der Waals surface area contributed by atoms with Gasteiger partial charge in [0.1, 0.15) is 11.5 Å². The van der Waals surface area contributed by atoms with Crippen molar-refractivity contribution in [3.05, 3.63) is 23.2 Å². The Morgan fingerprint density at radius 1 is 1.43 bits per heavy atom. The van der Waals surface area contributed by atoms with Gasteiger partial charge in [0, 0.05) is 23.6 Å². The molecule has 0 bridgehead atoms. The highest BCUT2D eigenvalue weighted by Crippen LogP contribution is 2.28. The number of hydrogen-bond donors (Lipinski definition) is 2. The standard InChI is InChI=1S/C11H20N2O/c1-7-8(9(13)6-12)5-10(14-7)11(2,3)4/h5,9H,6,12-13H2,1-4H3/t9-/m1/s1. The van der Waals surface area contributed by atoms with Gasteiger partial charge in [-0.05, 0) is 13.0 Å². The minimum absolute atomic E-state index is 0.0251. The van der Waals surface area contributed by atoms with Crippen LogP contribution in [0.5, 0.6) is 0 Å². The van der Waals surface area contributed by atoms with Crippen LogP contribution < -0.4 is 11.5 Å². The molecule has 3 heteroatoms. The SMILES string of the molecule is Cc1oc(C(C)(C)C)cc1[C@H](N)CN. The molecule has 80 valence electrons. The maximum atomic E-state index is 5.87. The number of aryl methyl sites for hydroxylation is 1. The van der Waals surface area contributed by atoms with Crippen LogP contribution in [0.15, 0.2) is 10.5 Å². The second-order valence-electron chi connectivity index (χ2n) is 4.71. The molecule has 0 saturated heterocycles. The van der Waals surface area contributed by atoms with Gasteiger partial charge in [0.25, 0.3) is 0 Å². The average molecular weight is 196 g/mol. The number of hydrogen-bond acceptors (Lipinski definition) is 3. The molecule has 1 aromatic rings. The largest absolute Gasteiger partial charge is 0.465 e. The molecule has 1 heterocycles. The third kappa shape index (κ3) is 2.16. The molecule has 14 heavy (non-hydrogen) atoms. The maximum Gasteiger partial charge on any atom is 0.109 e. The second kappa shape index (κ2) is 3.75. The predicted octanol–water partition coefficient (Wildman–Crippen LogP) is 1.84. The van der Waals surface area contributed by atoms with E-state index in [1.165, 1.54) is 0 Å². The van der Waals surface area contributed by atoms with Gasteiger partial charge >= 0.3 is 0 Å². The van der Waals surface area contributed by atoms with Crippen LogP contribution in [0.3, 0.4) is 0 Å². The van der Waals surface area contributed by atoms with Crippen LogP contribution in [-0.2, 0) is 5.41 Å². The van der Waals surface area contributed by atoms with Crippen molar-refractivity contribution in [2.24, 2.45) is 11.5 Å². The maximum absolute atomic E-state index is 5.87. The number of nitrogens with two attached hydrogens (primary N) is 2. The van der Waals surface area contributed by atoms with Gasteiger partial charge in [-0.25, -0.2) is 0 Å². The molecule has 1 aromatic heterocycles. The van der Waals surface area contributed by atoms with Gasteiger partial charge in [0.2, 0.25) is 0 Å². The zero-order valence-electron chi connectivity index (χ0n) is 9.42. The molecule has 0 saturated carbocycles. The zero-order chi connectivity index (χ0) is 10.9. The van der Waals surface area contributed by atoms with Crippen molar-refractivity contribution < 1.29 is 4.42 Å². The third-order valence-corrected chi connectivity index (χ3v) is 2.35. The van der Waals surface area contributed by atoms with Crippen LogP contribution in [0, 0.1) is 6.92 Å². The van der Waals surface area contributed by atoms with Gasteiger partial charge in [0.15, 0.2) is 0 Å². The molecular weight excluding hydrogens is 176 g/mol. The van der Waals surface area contributed by atoms with Crippen molar-refractivity contribution in [3.63, 3.8) is 0 Å². The summed E-state index contributed by atoms with van der Waals surface area (Å²) in [4.78, 5) is 0. The summed E-state index contributed by atoms with van der Waals surface area (Å²) in [6.45, 7) is 8.72. The van der Waals surface area contributed by atoms with Gasteiger partial charge < -0.3 is 15.9 Å². The first-order valence-electron chi connectivity index (χ1n) is 4.92. The molecule has 1 rings (SSSR count). The smallest absolute Gasteiger partial charge is 0.109 e. The highest BCUT2D eigenvalue weighted by atomic mass is 16.3. The number of furan rings is 1. The fraction of sp³-hybridized carbons (Fsp3) is 0.636. The highest BCUT2D eigenvalue weighted by Gasteiger charge is 2.21. The third-order valence-electron chi connectivity index (χ3n) is 2.35. The van der Waals surface area contributed by atoms with E-state index in [4.69, 9.17) is 15.9 Å². The Bertz CT molecular complexity index is 310. The molecule has 0 aliphatic carbocycles. The van der Waals surface area contributed by atoms with Crippen LogP contribution >= 0.6 is 0 Å². The summed E-state index contributed by atoms with van der Waals surface area (Å²) in [6, 6.07) is 1.90. The Kier molecular flexibility index (Phi) is 3.02.